The number of hydrogen-bond acceptors (Lipinski definition) is 5. The fourth-order valence-corrected chi connectivity index (χ4v) is 2.44. The number of anilines is 1. The van der Waals surface area contributed by atoms with Crippen molar-refractivity contribution in [3.8, 4) is 6.07 Å². The predicted molar refractivity (Wildman–Crippen MR) is 77.7 cm³/mol. The molecule has 0 bridgehead atoms. The Hall–Kier alpha value is -1.87. The van der Waals surface area contributed by atoms with E-state index in [2.05, 4.69) is 16.0 Å². The van der Waals surface area contributed by atoms with Crippen LogP contribution in [0.2, 0.25) is 0 Å². The first-order chi connectivity index (χ1) is 9.54. The maximum absolute atomic E-state index is 12.4. The molecule has 1 saturated heterocycles. The molecule has 1 aromatic rings. The van der Waals surface area contributed by atoms with Gasteiger partial charge in [-0.3, -0.25) is 9.69 Å². The molecule has 0 radical (unpaired) electrons. The Balaban J connectivity index is 2.14. The van der Waals surface area contributed by atoms with Crippen molar-refractivity contribution in [3.05, 3.63) is 22.7 Å². The highest BCUT2D eigenvalue weighted by molar-refractivity contribution is 5.36. The zero-order valence-electron chi connectivity index (χ0n) is 12.3. The van der Waals surface area contributed by atoms with E-state index in [1.807, 2.05) is 25.7 Å². The lowest BCUT2D eigenvalue weighted by Gasteiger charge is -2.36. The van der Waals surface area contributed by atoms with Crippen LogP contribution in [0.4, 0.5) is 5.82 Å². The lowest BCUT2D eigenvalue weighted by Crippen LogP contribution is -2.51. The average molecular weight is 275 g/mol. The van der Waals surface area contributed by atoms with E-state index in [4.69, 9.17) is 5.26 Å². The van der Waals surface area contributed by atoms with Crippen molar-refractivity contribution in [1.82, 2.24) is 14.5 Å². The van der Waals surface area contributed by atoms with E-state index < -0.39 is 0 Å². The average Bonchev–Trinajstić information content (AvgIpc) is 2.46. The van der Waals surface area contributed by atoms with E-state index in [0.717, 1.165) is 26.2 Å². The fraction of sp³-hybridized carbons (Fsp3) is 0.643. The Morgan fingerprint density at radius 3 is 2.45 bits per heavy atom. The Morgan fingerprint density at radius 1 is 1.25 bits per heavy atom. The van der Waals surface area contributed by atoms with Crippen LogP contribution in [0.25, 0.3) is 0 Å². The molecule has 6 heteroatoms. The number of rotatable bonds is 3. The zero-order valence-corrected chi connectivity index (χ0v) is 12.3. The largest absolute Gasteiger partial charge is 0.349 e. The smallest absolute Gasteiger partial charge is 0.293 e. The van der Waals surface area contributed by atoms with Crippen molar-refractivity contribution < 1.29 is 0 Å². The minimum atomic E-state index is -0.0757. The summed E-state index contributed by atoms with van der Waals surface area (Å²) < 4.78 is 1.70. The first-order valence-corrected chi connectivity index (χ1v) is 7.00. The van der Waals surface area contributed by atoms with Gasteiger partial charge in [-0.05, 0) is 20.8 Å². The molecule has 1 aliphatic heterocycles. The van der Waals surface area contributed by atoms with Gasteiger partial charge in [0.05, 0.1) is 12.1 Å². The fourth-order valence-electron chi connectivity index (χ4n) is 2.44. The van der Waals surface area contributed by atoms with Gasteiger partial charge in [0.1, 0.15) is 0 Å². The van der Waals surface area contributed by atoms with E-state index >= 15 is 0 Å². The van der Waals surface area contributed by atoms with Gasteiger partial charge in [-0.1, -0.05) is 0 Å². The second-order valence-electron chi connectivity index (χ2n) is 5.39. The second-order valence-corrected chi connectivity index (χ2v) is 5.39. The minimum absolute atomic E-state index is 0.0377. The molecule has 2 heterocycles. The molecule has 1 aliphatic rings. The molecule has 1 fully saturated rings. The van der Waals surface area contributed by atoms with Crippen LogP contribution in [-0.2, 0) is 0 Å². The molecule has 20 heavy (non-hydrogen) atoms. The SMILES string of the molecule is CC(C#N)N1CCN(c2nccn(C(C)C)c2=O)CC1. The zero-order chi connectivity index (χ0) is 14.7. The van der Waals surface area contributed by atoms with E-state index in [1.165, 1.54) is 0 Å². The number of nitriles is 1. The molecular weight excluding hydrogens is 254 g/mol. The summed E-state index contributed by atoms with van der Waals surface area (Å²) in [6.45, 7) is 8.91. The lowest BCUT2D eigenvalue weighted by atomic mass is 10.2. The van der Waals surface area contributed by atoms with Gasteiger partial charge in [-0.15, -0.1) is 0 Å². The standard InChI is InChI=1S/C14H21N5O/c1-11(2)19-5-4-16-13(14(19)20)18-8-6-17(7-9-18)12(3)10-15/h4-5,11-12H,6-9H2,1-3H3. The number of hydrogen-bond donors (Lipinski definition) is 0. The Bertz CT molecular complexity index is 551. The quantitative estimate of drug-likeness (QED) is 0.818. The van der Waals surface area contributed by atoms with Crippen LogP contribution < -0.4 is 10.5 Å². The van der Waals surface area contributed by atoms with Gasteiger partial charge in [0, 0.05) is 44.6 Å². The maximum atomic E-state index is 12.4. The van der Waals surface area contributed by atoms with Gasteiger partial charge in [0.25, 0.3) is 5.56 Å². The molecule has 0 N–H and O–H groups in total. The lowest BCUT2D eigenvalue weighted by molar-refractivity contribution is 0.231. The second kappa shape index (κ2) is 6.06. The van der Waals surface area contributed by atoms with Crippen LogP contribution in [0.15, 0.2) is 17.2 Å². The van der Waals surface area contributed by atoms with E-state index in [1.54, 1.807) is 17.0 Å². The molecule has 1 atom stereocenters. The first kappa shape index (κ1) is 14.5. The van der Waals surface area contributed by atoms with Crippen molar-refractivity contribution in [2.45, 2.75) is 32.9 Å². The van der Waals surface area contributed by atoms with Gasteiger partial charge in [-0.2, -0.15) is 5.26 Å². The third kappa shape index (κ3) is 2.83. The summed E-state index contributed by atoms with van der Waals surface area (Å²) in [6, 6.07) is 2.30. The molecule has 0 aliphatic carbocycles. The highest BCUT2D eigenvalue weighted by atomic mass is 16.1. The highest BCUT2D eigenvalue weighted by Gasteiger charge is 2.23. The van der Waals surface area contributed by atoms with Crippen molar-refractivity contribution in [2.24, 2.45) is 0 Å². The minimum Gasteiger partial charge on any atom is -0.349 e. The monoisotopic (exact) mass is 275 g/mol. The van der Waals surface area contributed by atoms with Crippen molar-refractivity contribution in [1.29, 1.82) is 5.26 Å². The molecule has 6 nitrogen and oxygen atoms in total. The topological polar surface area (TPSA) is 65.2 Å². The van der Waals surface area contributed by atoms with Gasteiger partial charge in [0.15, 0.2) is 5.82 Å². The summed E-state index contributed by atoms with van der Waals surface area (Å²) in [5, 5.41) is 8.94. The van der Waals surface area contributed by atoms with Crippen LogP contribution >= 0.6 is 0 Å². The van der Waals surface area contributed by atoms with Gasteiger partial charge in [-0.25, -0.2) is 4.98 Å². The predicted octanol–water partition coefficient (Wildman–Crippen LogP) is 0.858. The molecule has 0 saturated carbocycles. The third-order valence-corrected chi connectivity index (χ3v) is 3.75. The molecule has 0 spiro atoms. The molecule has 1 aromatic heterocycles. The van der Waals surface area contributed by atoms with E-state index in [9.17, 15) is 4.79 Å². The first-order valence-electron chi connectivity index (χ1n) is 7.00. The molecule has 2 rings (SSSR count). The molecule has 0 aromatic carbocycles. The van der Waals surface area contributed by atoms with Crippen LogP contribution in [0.3, 0.4) is 0 Å². The molecule has 0 amide bonds. The van der Waals surface area contributed by atoms with Crippen molar-refractivity contribution in [3.63, 3.8) is 0 Å². The summed E-state index contributed by atoms with van der Waals surface area (Å²) in [4.78, 5) is 20.8. The van der Waals surface area contributed by atoms with Gasteiger partial charge >= 0.3 is 0 Å². The summed E-state index contributed by atoms with van der Waals surface area (Å²) in [5.41, 5.74) is -0.0377. The number of nitrogens with zero attached hydrogens (tertiary/aromatic N) is 5. The van der Waals surface area contributed by atoms with Gasteiger partial charge in [0.2, 0.25) is 0 Å². The van der Waals surface area contributed by atoms with E-state index in [0.29, 0.717) is 5.82 Å². The highest BCUT2D eigenvalue weighted by Crippen LogP contribution is 2.11. The summed E-state index contributed by atoms with van der Waals surface area (Å²) >= 11 is 0. The van der Waals surface area contributed by atoms with Crippen LogP contribution in [0, 0.1) is 11.3 Å². The molecular formula is C14H21N5O. The summed E-state index contributed by atoms with van der Waals surface area (Å²) in [6.07, 6.45) is 3.41. The van der Waals surface area contributed by atoms with E-state index in [-0.39, 0.29) is 17.6 Å². The van der Waals surface area contributed by atoms with Crippen LogP contribution in [0.1, 0.15) is 26.8 Å². The van der Waals surface area contributed by atoms with Crippen LogP contribution in [0.5, 0.6) is 0 Å². The molecule has 108 valence electrons. The summed E-state index contributed by atoms with van der Waals surface area (Å²) in [7, 11) is 0. The third-order valence-electron chi connectivity index (χ3n) is 3.75. The number of aromatic nitrogens is 2. The normalized spacial score (nSPS) is 18.1. The Morgan fingerprint density at radius 2 is 1.90 bits per heavy atom. The van der Waals surface area contributed by atoms with Gasteiger partial charge < -0.3 is 9.47 Å². The Labute approximate surface area is 119 Å². The number of piperazine rings is 1. The maximum Gasteiger partial charge on any atom is 0.293 e. The van der Waals surface area contributed by atoms with Crippen LogP contribution in [-0.4, -0.2) is 46.7 Å². The van der Waals surface area contributed by atoms with Crippen molar-refractivity contribution in [2.75, 3.05) is 31.1 Å². The summed E-state index contributed by atoms with van der Waals surface area (Å²) in [5.74, 6) is 0.519. The molecule has 1 unspecified atom stereocenters. The van der Waals surface area contributed by atoms with Crippen molar-refractivity contribution >= 4 is 5.82 Å². The Kier molecular flexibility index (Phi) is 4.40.